The van der Waals surface area contributed by atoms with E-state index in [-0.39, 0.29) is 16.5 Å². The third-order valence-electron chi connectivity index (χ3n) is 5.05. The van der Waals surface area contributed by atoms with Crippen molar-refractivity contribution in [2.75, 3.05) is 50.9 Å². The summed E-state index contributed by atoms with van der Waals surface area (Å²) in [6.07, 6.45) is 0. The van der Waals surface area contributed by atoms with Gasteiger partial charge in [-0.3, -0.25) is 14.6 Å². The van der Waals surface area contributed by atoms with Crippen molar-refractivity contribution in [1.29, 1.82) is 0 Å². The van der Waals surface area contributed by atoms with Gasteiger partial charge in [0.15, 0.2) is 5.13 Å². The molecule has 2 aromatic carbocycles. The van der Waals surface area contributed by atoms with Crippen molar-refractivity contribution in [2.24, 2.45) is 0 Å². The van der Waals surface area contributed by atoms with Crippen LogP contribution in [0.1, 0.15) is 17.3 Å². The number of thiazole rings is 1. The molecule has 0 saturated carbocycles. The molecule has 1 aromatic heterocycles. The molecule has 6 nitrogen and oxygen atoms in total. The quantitative estimate of drug-likeness (QED) is 0.517. The Kier molecular flexibility index (Phi) is 7.02. The lowest BCUT2D eigenvalue weighted by Crippen LogP contribution is -2.43. The lowest BCUT2D eigenvalue weighted by molar-refractivity contribution is 0.0391. The van der Waals surface area contributed by atoms with Crippen LogP contribution in [0.2, 0.25) is 5.02 Å². The van der Waals surface area contributed by atoms with Gasteiger partial charge in [0, 0.05) is 26.2 Å². The van der Waals surface area contributed by atoms with Gasteiger partial charge in [-0.15, -0.1) is 0 Å². The molecule has 1 amide bonds. The molecule has 1 fully saturated rings. The minimum atomic E-state index is -0.484. The van der Waals surface area contributed by atoms with Crippen molar-refractivity contribution < 1.29 is 18.7 Å². The zero-order valence-corrected chi connectivity index (χ0v) is 18.7. The largest absolute Gasteiger partial charge is 0.492 e. The van der Waals surface area contributed by atoms with Gasteiger partial charge in [0.1, 0.15) is 17.1 Å². The van der Waals surface area contributed by atoms with Crippen molar-refractivity contribution in [3.8, 4) is 5.75 Å². The van der Waals surface area contributed by atoms with E-state index in [0.29, 0.717) is 43.8 Å². The number of amides is 1. The third kappa shape index (κ3) is 4.98. The van der Waals surface area contributed by atoms with Gasteiger partial charge in [-0.25, -0.2) is 9.37 Å². The number of anilines is 1. The van der Waals surface area contributed by atoms with Crippen molar-refractivity contribution in [2.45, 2.75) is 6.92 Å². The molecular formula is C22H23ClFN3O3S. The van der Waals surface area contributed by atoms with Crippen molar-refractivity contribution in [1.82, 2.24) is 9.88 Å². The fourth-order valence-electron chi connectivity index (χ4n) is 3.46. The number of halogens is 2. The first-order valence-corrected chi connectivity index (χ1v) is 11.4. The van der Waals surface area contributed by atoms with Crippen LogP contribution in [-0.4, -0.2) is 61.8 Å². The predicted octanol–water partition coefficient (Wildman–Crippen LogP) is 4.47. The number of ether oxygens (including phenoxy) is 2. The van der Waals surface area contributed by atoms with E-state index < -0.39 is 5.82 Å². The number of aromatic nitrogens is 1. The number of carbonyl (C=O) groups is 1. The molecule has 9 heteroatoms. The highest BCUT2D eigenvalue weighted by molar-refractivity contribution is 7.22. The Labute approximate surface area is 189 Å². The van der Waals surface area contributed by atoms with Gasteiger partial charge in [0.2, 0.25) is 0 Å². The number of fused-ring (bicyclic) bond motifs is 1. The van der Waals surface area contributed by atoms with E-state index >= 15 is 0 Å². The van der Waals surface area contributed by atoms with Crippen LogP contribution in [0.3, 0.4) is 0 Å². The highest BCUT2D eigenvalue weighted by atomic mass is 35.5. The second-order valence-electron chi connectivity index (χ2n) is 7.07. The Bertz CT molecular complexity index is 1070. The summed E-state index contributed by atoms with van der Waals surface area (Å²) in [6.45, 7) is 6.52. The number of morpholine rings is 1. The molecule has 3 aromatic rings. The molecule has 1 aliphatic rings. The Morgan fingerprint density at radius 2 is 2.13 bits per heavy atom. The SMILES string of the molecule is CCOc1cccc2sc(N(CCN3CCOCC3)C(=O)c3ccc(F)cc3Cl)nc12. The van der Waals surface area contributed by atoms with E-state index in [1.165, 1.54) is 23.5 Å². The van der Waals surface area contributed by atoms with Crippen molar-refractivity contribution in [3.05, 3.63) is 52.8 Å². The van der Waals surface area contributed by atoms with Crippen molar-refractivity contribution >= 4 is 44.2 Å². The molecule has 4 rings (SSSR count). The van der Waals surface area contributed by atoms with Crippen LogP contribution < -0.4 is 9.64 Å². The molecule has 0 radical (unpaired) electrons. The summed E-state index contributed by atoms with van der Waals surface area (Å²) in [5, 5.41) is 0.637. The molecule has 164 valence electrons. The Hall–Kier alpha value is -2.26. The summed E-state index contributed by atoms with van der Waals surface area (Å²) in [6, 6.07) is 9.54. The maximum Gasteiger partial charge on any atom is 0.261 e. The van der Waals surface area contributed by atoms with Crippen LogP contribution in [0, 0.1) is 5.82 Å². The molecule has 0 atom stereocenters. The lowest BCUT2D eigenvalue weighted by Gasteiger charge is -2.29. The Morgan fingerprint density at radius 1 is 1.32 bits per heavy atom. The number of hydrogen-bond donors (Lipinski definition) is 0. The first kappa shape index (κ1) is 22.0. The predicted molar refractivity (Wildman–Crippen MR) is 121 cm³/mol. The van der Waals surface area contributed by atoms with Crippen LogP contribution >= 0.6 is 22.9 Å². The molecule has 0 spiro atoms. The molecule has 1 saturated heterocycles. The van der Waals surface area contributed by atoms with E-state index in [4.69, 9.17) is 26.1 Å². The number of carbonyl (C=O) groups excluding carboxylic acids is 1. The summed E-state index contributed by atoms with van der Waals surface area (Å²) in [5.74, 6) is -0.110. The molecular weight excluding hydrogens is 441 g/mol. The molecule has 31 heavy (non-hydrogen) atoms. The molecule has 2 heterocycles. The Balaban J connectivity index is 1.68. The number of para-hydroxylation sites is 1. The highest BCUT2D eigenvalue weighted by Crippen LogP contribution is 2.35. The maximum atomic E-state index is 13.5. The third-order valence-corrected chi connectivity index (χ3v) is 6.41. The standard InChI is InChI=1S/C22H23ClFN3O3S/c1-2-30-18-4-3-5-19-20(18)25-22(31-19)27(9-8-26-10-12-29-13-11-26)21(28)16-7-6-15(24)14-17(16)23/h3-7,14H,2,8-13H2,1H3. The molecule has 1 aliphatic heterocycles. The van der Waals surface area contributed by atoms with E-state index in [9.17, 15) is 9.18 Å². The molecule has 0 aliphatic carbocycles. The monoisotopic (exact) mass is 463 g/mol. The zero-order chi connectivity index (χ0) is 21.8. The average molecular weight is 464 g/mol. The molecule has 0 N–H and O–H groups in total. The average Bonchev–Trinajstić information content (AvgIpc) is 3.20. The second kappa shape index (κ2) is 9.91. The summed E-state index contributed by atoms with van der Waals surface area (Å²) in [4.78, 5) is 22.0. The normalized spacial score (nSPS) is 14.7. The van der Waals surface area contributed by atoms with Crippen LogP contribution in [0.15, 0.2) is 36.4 Å². The fraction of sp³-hybridized carbons (Fsp3) is 0.364. The van der Waals surface area contributed by atoms with Gasteiger partial charge in [0.05, 0.1) is 35.1 Å². The van der Waals surface area contributed by atoms with Gasteiger partial charge in [-0.05, 0) is 37.3 Å². The molecule has 0 unspecified atom stereocenters. The Morgan fingerprint density at radius 3 is 2.87 bits per heavy atom. The van der Waals surface area contributed by atoms with Gasteiger partial charge in [0.25, 0.3) is 5.91 Å². The van der Waals surface area contributed by atoms with Crippen LogP contribution in [-0.2, 0) is 4.74 Å². The summed E-state index contributed by atoms with van der Waals surface area (Å²) in [7, 11) is 0. The smallest absolute Gasteiger partial charge is 0.261 e. The minimum Gasteiger partial charge on any atom is -0.492 e. The number of benzene rings is 2. The zero-order valence-electron chi connectivity index (χ0n) is 17.1. The van der Waals surface area contributed by atoms with Crippen LogP contribution in [0.25, 0.3) is 10.2 Å². The van der Waals surface area contributed by atoms with E-state index in [1.807, 2.05) is 25.1 Å². The van der Waals surface area contributed by atoms with Gasteiger partial charge < -0.3 is 9.47 Å². The van der Waals surface area contributed by atoms with Gasteiger partial charge in [-0.1, -0.05) is 29.0 Å². The van der Waals surface area contributed by atoms with Crippen LogP contribution in [0.4, 0.5) is 9.52 Å². The number of hydrogen-bond acceptors (Lipinski definition) is 6. The highest BCUT2D eigenvalue weighted by Gasteiger charge is 2.25. The van der Waals surface area contributed by atoms with Gasteiger partial charge in [-0.2, -0.15) is 0 Å². The summed E-state index contributed by atoms with van der Waals surface area (Å²) < 4.78 is 25.6. The fourth-order valence-corrected chi connectivity index (χ4v) is 4.71. The van der Waals surface area contributed by atoms with E-state index in [0.717, 1.165) is 29.4 Å². The first-order valence-electron chi connectivity index (χ1n) is 10.2. The second-order valence-corrected chi connectivity index (χ2v) is 8.48. The van der Waals surface area contributed by atoms with E-state index in [2.05, 4.69) is 4.90 Å². The number of rotatable bonds is 7. The number of nitrogens with zero attached hydrogens (tertiary/aromatic N) is 3. The topological polar surface area (TPSA) is 54.9 Å². The lowest BCUT2D eigenvalue weighted by atomic mass is 10.2. The van der Waals surface area contributed by atoms with E-state index in [1.54, 1.807) is 4.90 Å². The minimum absolute atomic E-state index is 0.0810. The summed E-state index contributed by atoms with van der Waals surface area (Å²) in [5.41, 5.74) is 0.966. The maximum absolute atomic E-state index is 13.5. The first-order chi connectivity index (χ1) is 15.1. The summed E-state index contributed by atoms with van der Waals surface area (Å²) >= 11 is 7.62. The van der Waals surface area contributed by atoms with Crippen LogP contribution in [0.5, 0.6) is 5.75 Å². The van der Waals surface area contributed by atoms with Crippen molar-refractivity contribution in [3.63, 3.8) is 0 Å². The molecule has 0 bridgehead atoms. The van der Waals surface area contributed by atoms with Gasteiger partial charge >= 0.3 is 0 Å².